The number of nitrogens with zero attached hydrogens (tertiary/aromatic N) is 1. The van der Waals surface area contributed by atoms with Crippen molar-refractivity contribution in [2.45, 2.75) is 25.9 Å². The van der Waals surface area contributed by atoms with Gasteiger partial charge in [-0.2, -0.15) is 0 Å². The van der Waals surface area contributed by atoms with E-state index in [1.807, 2.05) is 6.92 Å². The van der Waals surface area contributed by atoms with Crippen molar-refractivity contribution in [1.82, 2.24) is 10.2 Å². The number of benzene rings is 1. The maximum absolute atomic E-state index is 13.2. The van der Waals surface area contributed by atoms with Crippen LogP contribution in [0.1, 0.15) is 25.5 Å². The fourth-order valence-corrected chi connectivity index (χ4v) is 2.37. The first-order chi connectivity index (χ1) is 8.08. The number of rotatable bonds is 2. The van der Waals surface area contributed by atoms with Crippen molar-refractivity contribution >= 4 is 0 Å². The van der Waals surface area contributed by atoms with Crippen LogP contribution in [-0.4, -0.2) is 35.7 Å². The fraction of sp³-hybridized carbons (Fsp3) is 0.538. The monoisotopic (exact) mass is 238 g/mol. The van der Waals surface area contributed by atoms with Gasteiger partial charge in [-0.15, -0.1) is 0 Å². The Morgan fingerprint density at radius 3 is 3.00 bits per heavy atom. The number of piperazine rings is 1. The lowest BCUT2D eigenvalue weighted by Gasteiger charge is -2.36. The summed E-state index contributed by atoms with van der Waals surface area (Å²) in [6.45, 7) is 6.90. The van der Waals surface area contributed by atoms with E-state index in [1.165, 1.54) is 18.2 Å². The molecule has 17 heavy (non-hydrogen) atoms. The summed E-state index contributed by atoms with van der Waals surface area (Å²) in [6, 6.07) is 4.60. The minimum atomic E-state index is -0.298. The summed E-state index contributed by atoms with van der Waals surface area (Å²) >= 11 is 0. The summed E-state index contributed by atoms with van der Waals surface area (Å²) in [5.41, 5.74) is 0.666. The Labute approximate surface area is 101 Å². The van der Waals surface area contributed by atoms with E-state index in [0.717, 1.165) is 19.6 Å². The summed E-state index contributed by atoms with van der Waals surface area (Å²) in [4.78, 5) is 2.26. The summed E-state index contributed by atoms with van der Waals surface area (Å²) in [6.07, 6.45) is 0. The molecule has 1 saturated heterocycles. The van der Waals surface area contributed by atoms with Gasteiger partial charge in [-0.3, -0.25) is 4.90 Å². The second-order valence-corrected chi connectivity index (χ2v) is 4.73. The van der Waals surface area contributed by atoms with Crippen LogP contribution in [0.3, 0.4) is 0 Å². The van der Waals surface area contributed by atoms with E-state index in [-0.39, 0.29) is 17.6 Å². The lowest BCUT2D eigenvalue weighted by atomic mass is 10.0. The van der Waals surface area contributed by atoms with Crippen LogP contribution in [0.4, 0.5) is 4.39 Å². The number of phenolic OH excluding ortho intramolecular Hbond substituents is 1. The van der Waals surface area contributed by atoms with Gasteiger partial charge in [-0.05, 0) is 32.0 Å². The van der Waals surface area contributed by atoms with Gasteiger partial charge >= 0.3 is 0 Å². The van der Waals surface area contributed by atoms with Crippen LogP contribution < -0.4 is 5.32 Å². The van der Waals surface area contributed by atoms with Gasteiger partial charge in [0.15, 0.2) is 0 Å². The van der Waals surface area contributed by atoms with Crippen molar-refractivity contribution in [3.8, 4) is 5.75 Å². The van der Waals surface area contributed by atoms with E-state index < -0.39 is 0 Å². The molecule has 0 saturated carbocycles. The molecule has 4 heteroatoms. The lowest BCUT2D eigenvalue weighted by Crippen LogP contribution is -2.49. The Hall–Kier alpha value is -1.13. The van der Waals surface area contributed by atoms with Gasteiger partial charge in [0.05, 0.1) is 0 Å². The molecule has 1 aliphatic heterocycles. The first-order valence-corrected chi connectivity index (χ1v) is 6.04. The number of phenols is 1. The first-order valence-electron chi connectivity index (χ1n) is 6.04. The Morgan fingerprint density at radius 2 is 2.29 bits per heavy atom. The van der Waals surface area contributed by atoms with Gasteiger partial charge in [0.25, 0.3) is 0 Å². The van der Waals surface area contributed by atoms with E-state index in [2.05, 4.69) is 17.1 Å². The molecule has 2 rings (SSSR count). The van der Waals surface area contributed by atoms with E-state index in [4.69, 9.17) is 0 Å². The normalized spacial score (nSPS) is 23.6. The Morgan fingerprint density at radius 1 is 1.53 bits per heavy atom. The van der Waals surface area contributed by atoms with Crippen LogP contribution in [0, 0.1) is 5.82 Å². The predicted molar refractivity (Wildman–Crippen MR) is 65.5 cm³/mol. The number of halogens is 1. The number of nitrogens with one attached hydrogen (secondary N) is 1. The molecule has 0 amide bonds. The molecule has 0 aliphatic carbocycles. The van der Waals surface area contributed by atoms with E-state index in [9.17, 15) is 9.50 Å². The van der Waals surface area contributed by atoms with Crippen molar-refractivity contribution in [2.24, 2.45) is 0 Å². The maximum atomic E-state index is 13.2. The van der Waals surface area contributed by atoms with Gasteiger partial charge in [0, 0.05) is 37.3 Å². The zero-order valence-corrected chi connectivity index (χ0v) is 10.3. The third-order valence-corrected chi connectivity index (χ3v) is 3.39. The number of hydrogen-bond donors (Lipinski definition) is 2. The second-order valence-electron chi connectivity index (χ2n) is 4.73. The number of hydrogen-bond acceptors (Lipinski definition) is 3. The van der Waals surface area contributed by atoms with Crippen molar-refractivity contribution in [3.05, 3.63) is 29.6 Å². The molecular weight excluding hydrogens is 219 g/mol. The highest BCUT2D eigenvalue weighted by atomic mass is 19.1. The van der Waals surface area contributed by atoms with Crippen molar-refractivity contribution in [2.75, 3.05) is 19.6 Å². The topological polar surface area (TPSA) is 35.5 Å². The van der Waals surface area contributed by atoms with Crippen LogP contribution in [0.15, 0.2) is 18.2 Å². The van der Waals surface area contributed by atoms with Crippen LogP contribution in [0.5, 0.6) is 5.75 Å². The molecule has 1 fully saturated rings. The van der Waals surface area contributed by atoms with Crippen LogP contribution in [-0.2, 0) is 0 Å². The molecule has 3 nitrogen and oxygen atoms in total. The van der Waals surface area contributed by atoms with Crippen molar-refractivity contribution in [3.63, 3.8) is 0 Å². The number of aromatic hydroxyl groups is 1. The maximum Gasteiger partial charge on any atom is 0.123 e. The van der Waals surface area contributed by atoms with Gasteiger partial charge in [-0.25, -0.2) is 4.39 Å². The zero-order chi connectivity index (χ0) is 12.4. The van der Waals surface area contributed by atoms with Gasteiger partial charge in [-0.1, -0.05) is 0 Å². The SMILES string of the molecule is CC1CN(C(C)c2cc(F)ccc2O)CCN1. The van der Waals surface area contributed by atoms with Crippen LogP contribution in [0.2, 0.25) is 0 Å². The molecule has 0 aromatic heterocycles. The molecule has 0 bridgehead atoms. The van der Waals surface area contributed by atoms with Crippen LogP contribution in [0.25, 0.3) is 0 Å². The van der Waals surface area contributed by atoms with E-state index in [1.54, 1.807) is 0 Å². The lowest BCUT2D eigenvalue weighted by molar-refractivity contribution is 0.156. The molecule has 1 aromatic carbocycles. The van der Waals surface area contributed by atoms with Gasteiger partial charge in [0.1, 0.15) is 11.6 Å². The molecule has 0 spiro atoms. The fourth-order valence-electron chi connectivity index (χ4n) is 2.37. The second kappa shape index (κ2) is 5.02. The predicted octanol–water partition coefficient (Wildman–Crippen LogP) is 1.89. The molecule has 94 valence electrons. The van der Waals surface area contributed by atoms with Crippen molar-refractivity contribution < 1.29 is 9.50 Å². The highest BCUT2D eigenvalue weighted by Gasteiger charge is 2.23. The molecule has 1 heterocycles. The van der Waals surface area contributed by atoms with E-state index >= 15 is 0 Å². The van der Waals surface area contributed by atoms with Gasteiger partial charge in [0.2, 0.25) is 0 Å². The average molecular weight is 238 g/mol. The molecule has 2 atom stereocenters. The van der Waals surface area contributed by atoms with Crippen LogP contribution >= 0.6 is 0 Å². The Kier molecular flexibility index (Phi) is 3.64. The molecule has 1 aliphatic rings. The molecule has 2 N–H and O–H groups in total. The average Bonchev–Trinajstić information content (AvgIpc) is 2.31. The minimum Gasteiger partial charge on any atom is -0.508 e. The van der Waals surface area contributed by atoms with E-state index in [0.29, 0.717) is 11.6 Å². The Balaban J connectivity index is 2.18. The molecule has 0 radical (unpaired) electrons. The highest BCUT2D eigenvalue weighted by molar-refractivity contribution is 5.35. The molecule has 1 aromatic rings. The summed E-state index contributed by atoms with van der Waals surface area (Å²) in [5, 5.41) is 13.2. The Bertz CT molecular complexity index is 397. The van der Waals surface area contributed by atoms with Gasteiger partial charge < -0.3 is 10.4 Å². The smallest absolute Gasteiger partial charge is 0.123 e. The third-order valence-electron chi connectivity index (χ3n) is 3.39. The summed E-state index contributed by atoms with van der Waals surface area (Å²) in [5.74, 6) is -0.127. The zero-order valence-electron chi connectivity index (χ0n) is 10.3. The standard InChI is InChI=1S/C13H19FN2O/c1-9-8-16(6-5-15-9)10(2)12-7-11(14)3-4-13(12)17/h3-4,7,9-10,15,17H,5-6,8H2,1-2H3. The highest BCUT2D eigenvalue weighted by Crippen LogP contribution is 2.29. The largest absolute Gasteiger partial charge is 0.508 e. The molecule has 2 unspecified atom stereocenters. The molecular formula is C13H19FN2O. The minimum absolute atomic E-state index is 0.0373. The quantitative estimate of drug-likeness (QED) is 0.826. The third kappa shape index (κ3) is 2.76. The first kappa shape index (κ1) is 12.3. The summed E-state index contributed by atoms with van der Waals surface area (Å²) < 4.78 is 13.2. The summed E-state index contributed by atoms with van der Waals surface area (Å²) in [7, 11) is 0. The van der Waals surface area contributed by atoms with Crippen molar-refractivity contribution in [1.29, 1.82) is 0 Å².